The number of esters is 1. The van der Waals surface area contributed by atoms with Gasteiger partial charge in [-0.05, 0) is 37.8 Å². The molecule has 0 saturated heterocycles. The fraction of sp³-hybridized carbons (Fsp3) is 0.500. The van der Waals surface area contributed by atoms with Gasteiger partial charge in [-0.25, -0.2) is 9.59 Å². The Kier molecular flexibility index (Phi) is 5.25. The molecule has 120 valence electrons. The Balaban J connectivity index is 2.05. The molecule has 0 heterocycles. The summed E-state index contributed by atoms with van der Waals surface area (Å²) >= 11 is 0. The lowest BCUT2D eigenvalue weighted by atomic mass is 10.3. The summed E-state index contributed by atoms with van der Waals surface area (Å²) in [5.74, 6) is -2.21. The van der Waals surface area contributed by atoms with E-state index in [4.69, 9.17) is 19.3 Å². The minimum absolute atomic E-state index is 0.715. The van der Waals surface area contributed by atoms with Gasteiger partial charge in [-0.1, -0.05) is 0 Å². The Morgan fingerprint density at radius 3 is 2.05 bits per heavy atom. The molecule has 2 rings (SSSR count). The number of allylic oxidation sites excluding steroid dienone is 4. The molecule has 0 fully saturated rings. The van der Waals surface area contributed by atoms with Crippen LogP contribution in [-0.2, 0) is 23.8 Å². The van der Waals surface area contributed by atoms with Gasteiger partial charge in [0.05, 0.1) is 6.92 Å². The minimum Gasteiger partial charge on any atom is -0.478 e. The number of rotatable bonds is 7. The monoisotopic (exact) mass is 308 g/mol. The zero-order valence-corrected chi connectivity index (χ0v) is 12.5. The molecule has 2 aliphatic rings. The zero-order chi connectivity index (χ0) is 16.0. The molecule has 6 nitrogen and oxygen atoms in total. The van der Waals surface area contributed by atoms with Crippen LogP contribution in [0, 0.1) is 0 Å². The largest absolute Gasteiger partial charge is 0.478 e. The van der Waals surface area contributed by atoms with Crippen LogP contribution in [0.15, 0.2) is 35.8 Å². The molecule has 0 aromatic rings. The number of carbonyl (C=O) groups is 2. The first kappa shape index (κ1) is 16.1. The Bertz CT molecular complexity index is 503. The van der Waals surface area contributed by atoms with E-state index < -0.39 is 17.9 Å². The SMILES string of the molecule is CC(OC(=O)/C=C/C(=O)O)(OC1=CCCC1)OC1=CCCC1. The molecular weight excluding hydrogens is 288 g/mol. The maximum atomic E-state index is 11.7. The normalized spacial score (nSPS) is 18.0. The standard InChI is InChI=1S/C16H20O6/c1-16(20-12-6-2-3-7-12,21-13-8-4-5-9-13)22-15(19)11-10-14(17)18/h6,8,10-11H,2-5,7,9H2,1H3,(H,17,18)/b11-10+. The predicted octanol–water partition coefficient (Wildman–Crippen LogP) is 3.01. The molecule has 1 N–H and O–H groups in total. The van der Waals surface area contributed by atoms with Crippen LogP contribution in [0.25, 0.3) is 0 Å². The number of aliphatic carboxylic acids is 1. The van der Waals surface area contributed by atoms with Gasteiger partial charge in [-0.3, -0.25) is 0 Å². The van der Waals surface area contributed by atoms with E-state index >= 15 is 0 Å². The first-order chi connectivity index (χ1) is 10.5. The average Bonchev–Trinajstić information content (AvgIpc) is 3.09. The van der Waals surface area contributed by atoms with Gasteiger partial charge in [0.2, 0.25) is 0 Å². The molecule has 6 heteroatoms. The van der Waals surface area contributed by atoms with Gasteiger partial charge >= 0.3 is 17.9 Å². The van der Waals surface area contributed by atoms with E-state index in [0.717, 1.165) is 56.1 Å². The van der Waals surface area contributed by atoms with E-state index in [2.05, 4.69) is 0 Å². The number of carbonyl (C=O) groups excluding carboxylic acids is 1. The average molecular weight is 308 g/mol. The lowest BCUT2D eigenvalue weighted by Gasteiger charge is -2.30. The highest BCUT2D eigenvalue weighted by Gasteiger charge is 2.36. The molecule has 2 aliphatic carbocycles. The Hall–Kier alpha value is -2.24. The van der Waals surface area contributed by atoms with E-state index in [1.54, 1.807) is 0 Å². The lowest BCUT2D eigenvalue weighted by molar-refractivity contribution is -0.321. The highest BCUT2D eigenvalue weighted by atomic mass is 16.9. The molecule has 0 aliphatic heterocycles. The van der Waals surface area contributed by atoms with E-state index in [1.165, 1.54) is 6.92 Å². The molecule has 0 saturated carbocycles. The quantitative estimate of drug-likeness (QED) is 0.442. The molecule has 0 atom stereocenters. The van der Waals surface area contributed by atoms with Crippen molar-refractivity contribution in [3.05, 3.63) is 35.8 Å². The van der Waals surface area contributed by atoms with Gasteiger partial charge in [0.25, 0.3) is 0 Å². The summed E-state index contributed by atoms with van der Waals surface area (Å²) in [6, 6.07) is 0. The van der Waals surface area contributed by atoms with Gasteiger partial charge in [0, 0.05) is 25.0 Å². The van der Waals surface area contributed by atoms with Crippen LogP contribution in [0.5, 0.6) is 0 Å². The number of carboxylic acids is 1. The first-order valence-electron chi connectivity index (χ1n) is 7.37. The van der Waals surface area contributed by atoms with E-state index in [9.17, 15) is 9.59 Å². The minimum atomic E-state index is -1.59. The van der Waals surface area contributed by atoms with Crippen LogP contribution in [0.3, 0.4) is 0 Å². The van der Waals surface area contributed by atoms with Crippen molar-refractivity contribution in [2.24, 2.45) is 0 Å². The van der Waals surface area contributed by atoms with E-state index in [0.29, 0.717) is 6.08 Å². The van der Waals surface area contributed by atoms with E-state index in [1.807, 2.05) is 12.2 Å². The van der Waals surface area contributed by atoms with Crippen molar-refractivity contribution < 1.29 is 28.9 Å². The van der Waals surface area contributed by atoms with Crippen molar-refractivity contribution in [1.29, 1.82) is 0 Å². The van der Waals surface area contributed by atoms with Gasteiger partial charge in [0.15, 0.2) is 0 Å². The maximum absolute atomic E-state index is 11.7. The number of hydrogen-bond acceptors (Lipinski definition) is 5. The Labute approximate surface area is 129 Å². The fourth-order valence-corrected chi connectivity index (χ4v) is 2.36. The third-order valence-electron chi connectivity index (χ3n) is 3.28. The second kappa shape index (κ2) is 7.15. The summed E-state index contributed by atoms with van der Waals surface area (Å²) in [6.45, 7) is 1.51. The second-order valence-electron chi connectivity index (χ2n) is 5.28. The van der Waals surface area contributed by atoms with Gasteiger partial charge < -0.3 is 19.3 Å². The summed E-state index contributed by atoms with van der Waals surface area (Å²) in [7, 11) is 0. The van der Waals surface area contributed by atoms with Crippen molar-refractivity contribution in [2.75, 3.05) is 0 Å². The second-order valence-corrected chi connectivity index (χ2v) is 5.28. The lowest BCUT2D eigenvalue weighted by Crippen LogP contribution is -2.37. The molecule has 0 aromatic heterocycles. The van der Waals surface area contributed by atoms with Crippen LogP contribution >= 0.6 is 0 Å². The molecule has 0 radical (unpaired) electrons. The summed E-state index contributed by atoms with van der Waals surface area (Å²) in [5, 5.41) is 8.54. The summed E-state index contributed by atoms with van der Waals surface area (Å²) in [5.41, 5.74) is 0. The maximum Gasteiger partial charge on any atom is 0.415 e. The summed E-state index contributed by atoms with van der Waals surface area (Å²) < 4.78 is 16.6. The van der Waals surface area contributed by atoms with Crippen molar-refractivity contribution in [2.45, 2.75) is 51.4 Å². The molecule has 0 aromatic carbocycles. The van der Waals surface area contributed by atoms with Crippen LogP contribution < -0.4 is 0 Å². The molecule has 0 spiro atoms. The zero-order valence-electron chi connectivity index (χ0n) is 12.5. The van der Waals surface area contributed by atoms with Crippen molar-refractivity contribution >= 4 is 11.9 Å². The molecule has 0 unspecified atom stereocenters. The topological polar surface area (TPSA) is 82.1 Å². The van der Waals surface area contributed by atoms with Crippen LogP contribution in [0.1, 0.15) is 45.4 Å². The van der Waals surface area contributed by atoms with E-state index in [-0.39, 0.29) is 0 Å². The smallest absolute Gasteiger partial charge is 0.415 e. The van der Waals surface area contributed by atoms with Crippen LogP contribution in [0.2, 0.25) is 0 Å². The molecular formula is C16H20O6. The number of carboxylic acid groups (broad SMARTS) is 1. The van der Waals surface area contributed by atoms with Crippen molar-refractivity contribution in [3.63, 3.8) is 0 Å². The Morgan fingerprint density at radius 1 is 1.09 bits per heavy atom. The van der Waals surface area contributed by atoms with Gasteiger partial charge in [-0.15, -0.1) is 0 Å². The van der Waals surface area contributed by atoms with Crippen molar-refractivity contribution in [1.82, 2.24) is 0 Å². The molecule has 22 heavy (non-hydrogen) atoms. The van der Waals surface area contributed by atoms with Gasteiger partial charge in [0.1, 0.15) is 11.5 Å². The molecule has 0 bridgehead atoms. The third-order valence-corrected chi connectivity index (χ3v) is 3.28. The summed E-state index contributed by atoms with van der Waals surface area (Å²) in [6.07, 6.45) is 10.8. The highest BCUT2D eigenvalue weighted by molar-refractivity contribution is 5.90. The predicted molar refractivity (Wildman–Crippen MR) is 77.3 cm³/mol. The first-order valence-corrected chi connectivity index (χ1v) is 7.37. The Morgan fingerprint density at radius 2 is 1.64 bits per heavy atom. The summed E-state index contributed by atoms with van der Waals surface area (Å²) in [4.78, 5) is 22.2. The van der Waals surface area contributed by atoms with Crippen molar-refractivity contribution in [3.8, 4) is 0 Å². The molecule has 0 amide bonds. The fourth-order valence-electron chi connectivity index (χ4n) is 2.36. The van der Waals surface area contributed by atoms with Crippen LogP contribution in [0.4, 0.5) is 0 Å². The highest BCUT2D eigenvalue weighted by Crippen LogP contribution is 2.31. The number of hydrogen-bond donors (Lipinski definition) is 1. The van der Waals surface area contributed by atoms with Gasteiger partial charge in [-0.2, -0.15) is 0 Å². The third kappa shape index (κ3) is 4.95. The number of ether oxygens (including phenoxy) is 3. The van der Waals surface area contributed by atoms with Crippen LogP contribution in [-0.4, -0.2) is 23.0 Å².